The molecule has 1 aliphatic heterocycles. The lowest BCUT2D eigenvalue weighted by Gasteiger charge is -2.22. The number of carbonyl (C=O) groups is 2. The van der Waals surface area contributed by atoms with Gasteiger partial charge in [-0.1, -0.05) is 12.1 Å². The predicted octanol–water partition coefficient (Wildman–Crippen LogP) is 3.34. The van der Waals surface area contributed by atoms with Gasteiger partial charge in [0, 0.05) is 25.8 Å². The standard InChI is InChI=1S/C22H24N2O6/c1-13(25)24-18(15-10-20(27-3)22(29-5)21(11-15)28-4)12-17(23-24)16-8-6-7-9-19(16)30-14(2)26/h6-11,18H,12H2,1-5H3/t18-/m0/s1. The van der Waals surface area contributed by atoms with Crippen LogP contribution >= 0.6 is 0 Å². The number of nitrogens with zero attached hydrogens (tertiary/aromatic N) is 2. The summed E-state index contributed by atoms with van der Waals surface area (Å²) in [5.74, 6) is 1.21. The van der Waals surface area contributed by atoms with Crippen molar-refractivity contribution < 1.29 is 28.5 Å². The minimum atomic E-state index is -0.425. The lowest BCUT2D eigenvalue weighted by Crippen LogP contribution is -2.24. The second-order valence-electron chi connectivity index (χ2n) is 6.68. The Morgan fingerprint density at radius 1 is 0.967 bits per heavy atom. The molecule has 8 heteroatoms. The van der Waals surface area contributed by atoms with Crippen LogP contribution in [0.2, 0.25) is 0 Å². The molecule has 0 saturated carbocycles. The van der Waals surface area contributed by atoms with E-state index in [1.165, 1.54) is 40.2 Å². The van der Waals surface area contributed by atoms with Crippen molar-refractivity contribution in [2.24, 2.45) is 5.10 Å². The molecule has 1 amide bonds. The topological polar surface area (TPSA) is 86.7 Å². The number of para-hydroxylation sites is 1. The maximum atomic E-state index is 12.3. The van der Waals surface area contributed by atoms with E-state index in [-0.39, 0.29) is 11.9 Å². The van der Waals surface area contributed by atoms with Gasteiger partial charge in [-0.2, -0.15) is 5.10 Å². The van der Waals surface area contributed by atoms with E-state index >= 15 is 0 Å². The molecule has 0 unspecified atom stereocenters. The molecular weight excluding hydrogens is 388 g/mol. The quantitative estimate of drug-likeness (QED) is 0.534. The van der Waals surface area contributed by atoms with E-state index in [4.69, 9.17) is 18.9 Å². The van der Waals surface area contributed by atoms with Crippen LogP contribution in [0.3, 0.4) is 0 Å². The molecule has 0 N–H and O–H groups in total. The van der Waals surface area contributed by atoms with Gasteiger partial charge < -0.3 is 18.9 Å². The first kappa shape index (κ1) is 21.2. The monoisotopic (exact) mass is 412 g/mol. The van der Waals surface area contributed by atoms with Crippen LogP contribution in [0.15, 0.2) is 41.5 Å². The first-order valence-electron chi connectivity index (χ1n) is 9.34. The van der Waals surface area contributed by atoms with E-state index in [9.17, 15) is 9.59 Å². The number of esters is 1. The third kappa shape index (κ3) is 4.07. The minimum Gasteiger partial charge on any atom is -0.493 e. The zero-order valence-corrected chi connectivity index (χ0v) is 17.6. The van der Waals surface area contributed by atoms with Gasteiger partial charge in [0.15, 0.2) is 11.5 Å². The largest absolute Gasteiger partial charge is 0.493 e. The molecule has 158 valence electrons. The molecule has 0 bridgehead atoms. The van der Waals surface area contributed by atoms with Crippen molar-refractivity contribution in [1.82, 2.24) is 5.01 Å². The number of hydrazone groups is 1. The summed E-state index contributed by atoms with van der Waals surface area (Å²) in [4.78, 5) is 23.8. The lowest BCUT2D eigenvalue weighted by atomic mass is 9.97. The molecule has 8 nitrogen and oxygen atoms in total. The van der Waals surface area contributed by atoms with Gasteiger partial charge in [-0.15, -0.1) is 0 Å². The normalized spacial score (nSPS) is 15.4. The molecule has 0 saturated heterocycles. The zero-order chi connectivity index (χ0) is 21.8. The van der Waals surface area contributed by atoms with E-state index in [0.29, 0.717) is 40.7 Å². The Morgan fingerprint density at radius 3 is 2.13 bits per heavy atom. The van der Waals surface area contributed by atoms with Crippen molar-refractivity contribution in [3.05, 3.63) is 47.5 Å². The molecule has 1 heterocycles. The van der Waals surface area contributed by atoms with Crippen LogP contribution in [0.5, 0.6) is 23.0 Å². The van der Waals surface area contributed by atoms with E-state index < -0.39 is 5.97 Å². The van der Waals surface area contributed by atoms with Gasteiger partial charge in [-0.25, -0.2) is 5.01 Å². The van der Waals surface area contributed by atoms with Crippen molar-refractivity contribution in [1.29, 1.82) is 0 Å². The molecule has 0 radical (unpaired) electrons. The molecule has 2 aromatic rings. The van der Waals surface area contributed by atoms with Crippen molar-refractivity contribution >= 4 is 17.6 Å². The summed E-state index contributed by atoms with van der Waals surface area (Å²) >= 11 is 0. The van der Waals surface area contributed by atoms with Crippen LogP contribution < -0.4 is 18.9 Å². The van der Waals surface area contributed by atoms with Crippen LogP contribution in [-0.2, 0) is 9.59 Å². The molecule has 0 aliphatic carbocycles. The second kappa shape index (κ2) is 8.86. The highest BCUT2D eigenvalue weighted by Crippen LogP contribution is 2.43. The highest BCUT2D eigenvalue weighted by Gasteiger charge is 2.34. The van der Waals surface area contributed by atoms with Crippen LogP contribution in [0.25, 0.3) is 0 Å². The van der Waals surface area contributed by atoms with Gasteiger partial charge in [-0.3, -0.25) is 9.59 Å². The van der Waals surface area contributed by atoms with Crippen molar-refractivity contribution in [2.45, 2.75) is 26.3 Å². The highest BCUT2D eigenvalue weighted by atomic mass is 16.5. The summed E-state index contributed by atoms with van der Waals surface area (Å²) in [6.07, 6.45) is 0.427. The maximum absolute atomic E-state index is 12.3. The maximum Gasteiger partial charge on any atom is 0.308 e. The number of carbonyl (C=O) groups excluding carboxylic acids is 2. The average molecular weight is 412 g/mol. The summed E-state index contributed by atoms with van der Waals surface area (Å²) in [6, 6.07) is 10.3. The molecule has 1 atom stereocenters. The van der Waals surface area contributed by atoms with E-state index in [1.807, 2.05) is 12.1 Å². The number of rotatable bonds is 6. The van der Waals surface area contributed by atoms with Gasteiger partial charge in [0.1, 0.15) is 5.75 Å². The summed E-state index contributed by atoms with van der Waals surface area (Å²) in [5.41, 5.74) is 2.08. The Balaban J connectivity index is 2.04. The van der Waals surface area contributed by atoms with Gasteiger partial charge in [0.25, 0.3) is 0 Å². The number of methoxy groups -OCH3 is 3. The molecule has 0 aromatic heterocycles. The molecule has 30 heavy (non-hydrogen) atoms. The zero-order valence-electron chi connectivity index (χ0n) is 17.6. The highest BCUT2D eigenvalue weighted by molar-refractivity contribution is 6.05. The van der Waals surface area contributed by atoms with Gasteiger partial charge in [0.05, 0.1) is 33.1 Å². The number of ether oxygens (including phenoxy) is 4. The summed E-state index contributed by atoms with van der Waals surface area (Å²) in [6.45, 7) is 2.79. The van der Waals surface area contributed by atoms with E-state index in [0.717, 1.165) is 5.56 Å². The van der Waals surface area contributed by atoms with Crippen molar-refractivity contribution in [3.8, 4) is 23.0 Å². The molecule has 0 spiro atoms. The predicted molar refractivity (Wildman–Crippen MR) is 110 cm³/mol. The number of hydrogen-bond donors (Lipinski definition) is 0. The minimum absolute atomic E-state index is 0.214. The van der Waals surface area contributed by atoms with Gasteiger partial charge in [-0.05, 0) is 29.8 Å². The molecule has 1 aliphatic rings. The Kier molecular flexibility index (Phi) is 6.25. The van der Waals surface area contributed by atoms with Crippen LogP contribution in [0.1, 0.15) is 37.4 Å². The van der Waals surface area contributed by atoms with Crippen LogP contribution in [0.4, 0.5) is 0 Å². The molecule has 2 aromatic carbocycles. The van der Waals surface area contributed by atoms with Gasteiger partial charge in [0.2, 0.25) is 11.7 Å². The van der Waals surface area contributed by atoms with Crippen LogP contribution in [-0.4, -0.2) is 43.9 Å². The van der Waals surface area contributed by atoms with Crippen molar-refractivity contribution in [3.63, 3.8) is 0 Å². The van der Waals surface area contributed by atoms with E-state index in [1.54, 1.807) is 24.3 Å². The molecule has 3 rings (SSSR count). The smallest absolute Gasteiger partial charge is 0.308 e. The van der Waals surface area contributed by atoms with Crippen LogP contribution in [0, 0.1) is 0 Å². The fraction of sp³-hybridized carbons (Fsp3) is 0.318. The first-order chi connectivity index (χ1) is 14.4. The number of benzene rings is 2. The Hall–Kier alpha value is -3.55. The van der Waals surface area contributed by atoms with Gasteiger partial charge >= 0.3 is 5.97 Å². The third-order valence-electron chi connectivity index (χ3n) is 4.76. The average Bonchev–Trinajstić information content (AvgIpc) is 3.18. The summed E-state index contributed by atoms with van der Waals surface area (Å²) in [7, 11) is 4.61. The second-order valence-corrected chi connectivity index (χ2v) is 6.68. The Labute approximate surface area is 175 Å². The fourth-order valence-electron chi connectivity index (χ4n) is 3.47. The Morgan fingerprint density at radius 2 is 1.60 bits per heavy atom. The lowest BCUT2D eigenvalue weighted by molar-refractivity contribution is -0.132. The Bertz CT molecular complexity index is 976. The summed E-state index contributed by atoms with van der Waals surface area (Å²) < 4.78 is 21.6. The summed E-state index contributed by atoms with van der Waals surface area (Å²) in [5, 5.41) is 5.95. The number of amides is 1. The fourth-order valence-corrected chi connectivity index (χ4v) is 3.47. The number of hydrogen-bond acceptors (Lipinski definition) is 7. The SMILES string of the molecule is COc1cc([C@@H]2CC(c3ccccc3OC(C)=O)=NN2C(C)=O)cc(OC)c1OC. The van der Waals surface area contributed by atoms with E-state index in [2.05, 4.69) is 5.10 Å². The first-order valence-corrected chi connectivity index (χ1v) is 9.34. The third-order valence-corrected chi connectivity index (χ3v) is 4.76. The van der Waals surface area contributed by atoms with Crippen molar-refractivity contribution in [2.75, 3.05) is 21.3 Å². The molecular formula is C22H24N2O6. The molecule has 0 fully saturated rings.